The summed E-state index contributed by atoms with van der Waals surface area (Å²) in [7, 11) is 0. The Morgan fingerprint density at radius 1 is 0.737 bits per heavy atom. The predicted octanol–water partition coefficient (Wildman–Crippen LogP) is 3.51. The monoisotopic (exact) mass is 258 g/mol. The number of hydrogen-bond acceptors (Lipinski definition) is 2. The molecular formula is C14H5F3N2. The van der Waals surface area contributed by atoms with E-state index in [2.05, 4.69) is 0 Å². The second kappa shape index (κ2) is 4.83. The van der Waals surface area contributed by atoms with Crippen molar-refractivity contribution in [3.05, 3.63) is 58.9 Å². The Morgan fingerprint density at radius 3 is 1.79 bits per heavy atom. The third-order valence-corrected chi connectivity index (χ3v) is 2.61. The molecule has 0 spiro atoms. The van der Waals surface area contributed by atoms with Crippen molar-refractivity contribution in [1.82, 2.24) is 0 Å². The van der Waals surface area contributed by atoms with Gasteiger partial charge in [-0.1, -0.05) is 30.3 Å². The van der Waals surface area contributed by atoms with Gasteiger partial charge in [0, 0.05) is 0 Å². The summed E-state index contributed by atoms with van der Waals surface area (Å²) in [6.07, 6.45) is 0. The average molecular weight is 258 g/mol. The zero-order valence-corrected chi connectivity index (χ0v) is 9.42. The van der Waals surface area contributed by atoms with Gasteiger partial charge < -0.3 is 0 Å². The van der Waals surface area contributed by atoms with E-state index < -0.39 is 34.1 Å². The fourth-order valence-electron chi connectivity index (χ4n) is 1.73. The number of nitrogens with zero attached hydrogens (tertiary/aromatic N) is 2. The molecular weight excluding hydrogens is 253 g/mol. The first-order valence-corrected chi connectivity index (χ1v) is 5.17. The van der Waals surface area contributed by atoms with Crippen LogP contribution < -0.4 is 0 Å². The van der Waals surface area contributed by atoms with Crippen LogP contribution in [-0.2, 0) is 0 Å². The van der Waals surface area contributed by atoms with Crippen molar-refractivity contribution in [2.45, 2.75) is 0 Å². The second-order valence-corrected chi connectivity index (χ2v) is 3.66. The van der Waals surface area contributed by atoms with Gasteiger partial charge in [0.1, 0.15) is 23.3 Å². The number of rotatable bonds is 1. The predicted molar refractivity (Wildman–Crippen MR) is 61.2 cm³/mol. The Labute approximate surface area is 107 Å². The van der Waals surface area contributed by atoms with Gasteiger partial charge >= 0.3 is 0 Å². The molecule has 2 nitrogen and oxygen atoms in total. The molecule has 2 aromatic rings. The molecule has 0 bridgehead atoms. The van der Waals surface area contributed by atoms with Crippen molar-refractivity contribution in [3.63, 3.8) is 0 Å². The molecule has 5 heteroatoms. The lowest BCUT2D eigenvalue weighted by atomic mass is 9.97. The van der Waals surface area contributed by atoms with Crippen LogP contribution in [0.4, 0.5) is 13.2 Å². The third-order valence-electron chi connectivity index (χ3n) is 2.61. The molecule has 2 rings (SSSR count). The van der Waals surface area contributed by atoms with Gasteiger partial charge in [-0.25, -0.2) is 13.2 Å². The standard InChI is InChI=1S/C14H5F3N2/c15-12-9(6-18)10(7-19)13(16)14(17)11(12)8-4-2-1-3-5-8/h1-5H. The van der Waals surface area contributed by atoms with Gasteiger partial charge in [-0.15, -0.1) is 0 Å². The van der Waals surface area contributed by atoms with E-state index in [0.717, 1.165) is 0 Å². The molecule has 0 saturated carbocycles. The molecule has 0 aliphatic rings. The van der Waals surface area contributed by atoms with Crippen molar-refractivity contribution in [1.29, 1.82) is 10.5 Å². The largest absolute Gasteiger partial charge is 0.205 e. The molecule has 92 valence electrons. The Hall–Kier alpha value is -2.79. The van der Waals surface area contributed by atoms with Crippen LogP contribution in [0.3, 0.4) is 0 Å². The van der Waals surface area contributed by atoms with Gasteiger partial charge in [0.25, 0.3) is 0 Å². The molecule has 19 heavy (non-hydrogen) atoms. The van der Waals surface area contributed by atoms with Crippen LogP contribution in [0.5, 0.6) is 0 Å². The van der Waals surface area contributed by atoms with E-state index in [1.807, 2.05) is 0 Å². The van der Waals surface area contributed by atoms with Crippen LogP contribution in [0.2, 0.25) is 0 Å². The Balaban J connectivity index is 2.90. The van der Waals surface area contributed by atoms with E-state index in [9.17, 15) is 13.2 Å². The third kappa shape index (κ3) is 1.92. The molecule has 0 heterocycles. The summed E-state index contributed by atoms with van der Waals surface area (Å²) in [6.45, 7) is 0. The molecule has 0 aliphatic carbocycles. The van der Waals surface area contributed by atoms with Crippen LogP contribution in [0, 0.1) is 40.1 Å². The van der Waals surface area contributed by atoms with E-state index >= 15 is 0 Å². The summed E-state index contributed by atoms with van der Waals surface area (Å²) in [4.78, 5) is 0. The molecule has 0 amide bonds. The maximum atomic E-state index is 14.1. The number of nitriles is 2. The first-order valence-electron chi connectivity index (χ1n) is 5.17. The average Bonchev–Trinajstić information content (AvgIpc) is 2.44. The van der Waals surface area contributed by atoms with Gasteiger partial charge in [-0.2, -0.15) is 10.5 Å². The Bertz CT molecular complexity index is 725. The van der Waals surface area contributed by atoms with Gasteiger partial charge in [0.15, 0.2) is 17.5 Å². The molecule has 0 N–H and O–H groups in total. The van der Waals surface area contributed by atoms with Crippen LogP contribution in [0.1, 0.15) is 11.1 Å². The van der Waals surface area contributed by atoms with Gasteiger partial charge in [0.2, 0.25) is 0 Å². The minimum atomic E-state index is -1.51. The smallest absolute Gasteiger partial charge is 0.178 e. The lowest BCUT2D eigenvalue weighted by Gasteiger charge is -2.09. The first-order chi connectivity index (χ1) is 9.11. The van der Waals surface area contributed by atoms with Crippen LogP contribution in [0.15, 0.2) is 30.3 Å². The van der Waals surface area contributed by atoms with E-state index in [4.69, 9.17) is 10.5 Å². The molecule has 0 saturated heterocycles. The highest BCUT2D eigenvalue weighted by atomic mass is 19.2. The van der Waals surface area contributed by atoms with Crippen molar-refractivity contribution >= 4 is 0 Å². The summed E-state index contributed by atoms with van der Waals surface area (Å²) in [5, 5.41) is 17.5. The van der Waals surface area contributed by atoms with Crippen molar-refractivity contribution in [3.8, 4) is 23.3 Å². The highest BCUT2D eigenvalue weighted by Crippen LogP contribution is 2.32. The molecule has 0 aromatic heterocycles. The highest BCUT2D eigenvalue weighted by Gasteiger charge is 2.25. The first kappa shape index (κ1) is 12.7. The summed E-state index contributed by atoms with van der Waals surface area (Å²) < 4.78 is 41.6. The van der Waals surface area contributed by atoms with Crippen LogP contribution in [-0.4, -0.2) is 0 Å². The number of halogens is 3. The summed E-state index contributed by atoms with van der Waals surface area (Å²) in [6, 6.07) is 10.1. The van der Waals surface area contributed by atoms with Gasteiger partial charge in [0.05, 0.1) is 5.56 Å². The summed E-state index contributed by atoms with van der Waals surface area (Å²) >= 11 is 0. The van der Waals surface area contributed by atoms with Crippen LogP contribution in [0.25, 0.3) is 11.1 Å². The minimum Gasteiger partial charge on any atom is -0.205 e. The fraction of sp³-hybridized carbons (Fsp3) is 0. The Kier molecular flexibility index (Phi) is 3.22. The SMILES string of the molecule is N#Cc1c(F)c(F)c(-c2ccccc2)c(F)c1C#N. The topological polar surface area (TPSA) is 47.6 Å². The normalized spacial score (nSPS) is 9.74. The maximum absolute atomic E-state index is 14.1. The van der Waals surface area contributed by atoms with Crippen LogP contribution >= 0.6 is 0 Å². The highest BCUT2D eigenvalue weighted by molar-refractivity contribution is 5.69. The molecule has 0 unspecified atom stereocenters. The molecule has 0 radical (unpaired) electrons. The van der Waals surface area contributed by atoms with E-state index in [1.54, 1.807) is 6.07 Å². The number of hydrogen-bond donors (Lipinski definition) is 0. The van der Waals surface area contributed by atoms with E-state index in [0.29, 0.717) is 0 Å². The fourth-order valence-corrected chi connectivity index (χ4v) is 1.73. The lowest BCUT2D eigenvalue weighted by Crippen LogP contribution is -2.03. The zero-order valence-electron chi connectivity index (χ0n) is 9.42. The van der Waals surface area contributed by atoms with Gasteiger partial charge in [-0.3, -0.25) is 0 Å². The quantitative estimate of drug-likeness (QED) is 0.735. The maximum Gasteiger partial charge on any atom is 0.178 e. The van der Waals surface area contributed by atoms with Crippen molar-refractivity contribution < 1.29 is 13.2 Å². The molecule has 0 aliphatic heterocycles. The van der Waals surface area contributed by atoms with Crippen molar-refractivity contribution in [2.24, 2.45) is 0 Å². The molecule has 0 fully saturated rings. The van der Waals surface area contributed by atoms with Crippen molar-refractivity contribution in [2.75, 3.05) is 0 Å². The van der Waals surface area contributed by atoms with Gasteiger partial charge in [-0.05, 0) is 5.56 Å². The summed E-state index contributed by atoms with van der Waals surface area (Å²) in [5.74, 6) is -4.22. The molecule has 0 atom stereocenters. The van der Waals surface area contributed by atoms with E-state index in [-0.39, 0.29) is 5.56 Å². The zero-order chi connectivity index (χ0) is 14.0. The second-order valence-electron chi connectivity index (χ2n) is 3.66. The number of benzene rings is 2. The lowest BCUT2D eigenvalue weighted by molar-refractivity contribution is 0.495. The molecule has 2 aromatic carbocycles. The summed E-state index contributed by atoms with van der Waals surface area (Å²) in [5.41, 5.74) is -2.26. The van der Waals surface area contributed by atoms with E-state index in [1.165, 1.54) is 36.4 Å². The Morgan fingerprint density at radius 2 is 1.26 bits per heavy atom. The minimum absolute atomic E-state index is 0.0948.